The molecule has 12 heteroatoms. The van der Waals surface area contributed by atoms with Gasteiger partial charge in [-0.3, -0.25) is 9.32 Å². The highest BCUT2D eigenvalue weighted by Crippen LogP contribution is 2.44. The lowest BCUT2D eigenvalue weighted by atomic mass is 10.1. The van der Waals surface area contributed by atoms with E-state index in [2.05, 4.69) is 73.0 Å². The van der Waals surface area contributed by atoms with E-state index in [1.165, 1.54) is 6.92 Å². The summed E-state index contributed by atoms with van der Waals surface area (Å²) in [7, 11) is -9.33. The molecule has 0 aromatic carbocycles. The molecule has 0 aromatic heterocycles. The highest BCUT2D eigenvalue weighted by molar-refractivity contribution is 7.46. The van der Waals surface area contributed by atoms with Crippen LogP contribution in [-0.4, -0.2) is 63.5 Å². The first-order valence-electron chi connectivity index (χ1n) is 10.6. The van der Waals surface area contributed by atoms with Crippen molar-refractivity contribution in [3.05, 3.63) is 0 Å². The molecule has 0 bridgehead atoms. The first-order chi connectivity index (χ1) is 13.6. The van der Waals surface area contributed by atoms with Crippen LogP contribution in [0, 0.1) is 0 Å². The molecule has 9 nitrogen and oxygen atoms in total. The number of phosphoric acid groups is 1. The lowest BCUT2D eigenvalue weighted by Crippen LogP contribution is -2.56. The van der Waals surface area contributed by atoms with Gasteiger partial charge in [-0.15, -0.1) is 0 Å². The van der Waals surface area contributed by atoms with E-state index in [1.807, 2.05) is 0 Å². The maximum atomic E-state index is 12.0. The normalized spacial score (nSPS) is 26.2. The number of rotatable bonds is 8. The Labute approximate surface area is 189 Å². The smallest absolute Gasteiger partial charge is 0.409 e. The SMILES string of the molecule is CC(=O)N[C@H]1C(O[Si](C)(C)C(C)(C)C)[C@@H](COP(=O)(O)O)O[C@H]1O[Si](C)(C)C(C)(C)C. The zero-order valence-electron chi connectivity index (χ0n) is 20.8. The Kier molecular flexibility index (Phi) is 8.99. The zero-order chi connectivity index (χ0) is 24.6. The second kappa shape index (κ2) is 9.64. The maximum absolute atomic E-state index is 12.0. The molecule has 1 aliphatic rings. The van der Waals surface area contributed by atoms with Crippen molar-refractivity contribution >= 4 is 30.4 Å². The van der Waals surface area contributed by atoms with Crippen molar-refractivity contribution in [2.75, 3.05) is 6.61 Å². The van der Waals surface area contributed by atoms with E-state index < -0.39 is 49.0 Å². The maximum Gasteiger partial charge on any atom is 0.469 e. The summed E-state index contributed by atoms with van der Waals surface area (Å²) in [5.74, 6) is -0.266. The van der Waals surface area contributed by atoms with Crippen LogP contribution in [-0.2, 0) is 27.5 Å². The van der Waals surface area contributed by atoms with Crippen molar-refractivity contribution in [1.29, 1.82) is 0 Å². The molecular weight excluding hydrogens is 457 g/mol. The molecule has 1 saturated heterocycles. The fraction of sp³-hybridized carbons (Fsp3) is 0.947. The quantitative estimate of drug-likeness (QED) is 0.341. The Morgan fingerprint density at radius 3 is 1.84 bits per heavy atom. The molecule has 1 heterocycles. The summed E-state index contributed by atoms with van der Waals surface area (Å²) in [6.07, 6.45) is -2.30. The molecule has 4 atom stereocenters. The van der Waals surface area contributed by atoms with Gasteiger partial charge in [0, 0.05) is 6.92 Å². The Hall–Kier alpha value is -0.106. The highest BCUT2D eigenvalue weighted by atomic mass is 31.2. The van der Waals surface area contributed by atoms with E-state index in [0.29, 0.717) is 0 Å². The molecule has 31 heavy (non-hydrogen) atoms. The number of carbonyl (C=O) groups excluding carboxylic acids is 1. The van der Waals surface area contributed by atoms with Crippen molar-refractivity contribution in [2.45, 2.75) is 109 Å². The molecular formula is C19H42NO8PSi2. The second-order valence-electron chi connectivity index (χ2n) is 11.3. The molecule has 0 aliphatic carbocycles. The van der Waals surface area contributed by atoms with Gasteiger partial charge in [0.05, 0.1) is 12.7 Å². The van der Waals surface area contributed by atoms with Crippen molar-refractivity contribution in [2.24, 2.45) is 0 Å². The summed E-state index contributed by atoms with van der Waals surface area (Å²) < 4.78 is 35.2. The summed E-state index contributed by atoms with van der Waals surface area (Å²) in [5, 5.41) is 2.67. The first kappa shape index (κ1) is 28.9. The van der Waals surface area contributed by atoms with Crippen LogP contribution in [0.4, 0.5) is 0 Å². The van der Waals surface area contributed by atoms with Gasteiger partial charge in [0.1, 0.15) is 12.1 Å². The molecule has 0 aromatic rings. The average molecular weight is 500 g/mol. The molecule has 0 saturated carbocycles. The number of nitrogens with one attached hydrogen (secondary N) is 1. The van der Waals surface area contributed by atoms with E-state index in [4.69, 9.17) is 18.1 Å². The van der Waals surface area contributed by atoms with Gasteiger partial charge in [0.2, 0.25) is 5.91 Å². The van der Waals surface area contributed by atoms with Crippen molar-refractivity contribution in [3.8, 4) is 0 Å². The minimum Gasteiger partial charge on any atom is -0.409 e. The lowest BCUT2D eigenvalue weighted by Gasteiger charge is -2.41. The van der Waals surface area contributed by atoms with Crippen LogP contribution in [0.3, 0.4) is 0 Å². The first-order valence-corrected chi connectivity index (χ1v) is 17.9. The Bertz CT molecular complexity index is 683. The Morgan fingerprint density at radius 2 is 1.45 bits per heavy atom. The van der Waals surface area contributed by atoms with Crippen molar-refractivity contribution in [3.63, 3.8) is 0 Å². The van der Waals surface area contributed by atoms with Gasteiger partial charge < -0.3 is 28.7 Å². The van der Waals surface area contributed by atoms with Crippen molar-refractivity contribution < 1.29 is 37.3 Å². The van der Waals surface area contributed by atoms with Crippen molar-refractivity contribution in [1.82, 2.24) is 5.32 Å². The lowest BCUT2D eigenvalue weighted by molar-refractivity contribution is -0.124. The summed E-state index contributed by atoms with van der Waals surface area (Å²) in [5.41, 5.74) is 0. The van der Waals surface area contributed by atoms with Gasteiger partial charge >= 0.3 is 7.82 Å². The third-order valence-corrected chi connectivity index (χ3v) is 15.9. The molecule has 1 aliphatic heterocycles. The van der Waals surface area contributed by atoms with E-state index in [9.17, 15) is 19.1 Å². The molecule has 0 spiro atoms. The monoisotopic (exact) mass is 499 g/mol. The Morgan fingerprint density at radius 1 is 1.00 bits per heavy atom. The molecule has 3 N–H and O–H groups in total. The minimum atomic E-state index is -4.71. The van der Waals surface area contributed by atoms with Gasteiger partial charge in [-0.05, 0) is 36.3 Å². The predicted octanol–water partition coefficient (Wildman–Crippen LogP) is 3.74. The van der Waals surface area contributed by atoms with E-state index >= 15 is 0 Å². The standard InChI is InChI=1S/C19H42NO8PSi2/c1-13(21)20-15-16(27-30(8,9)18(2,3)4)14(12-25-29(22,23)24)26-17(15)28-31(10,11)19(5,6)7/h14-17H,12H2,1-11H3,(H,20,21)(H2,22,23,24)/t14-,15+,16?,17+/m1/s1. The predicted molar refractivity (Wildman–Crippen MR) is 125 cm³/mol. The summed E-state index contributed by atoms with van der Waals surface area (Å²) in [6, 6.07) is -0.633. The number of hydrogen-bond donors (Lipinski definition) is 3. The zero-order valence-corrected chi connectivity index (χ0v) is 23.7. The summed E-state index contributed by atoms with van der Waals surface area (Å²) in [4.78, 5) is 30.4. The van der Waals surface area contributed by atoms with Crippen LogP contribution < -0.4 is 5.32 Å². The fourth-order valence-corrected chi connectivity index (χ4v) is 5.45. The third-order valence-electron chi connectivity index (χ3n) is 6.55. The number of phosphoric ester groups is 1. The molecule has 1 fully saturated rings. The molecule has 1 unspecified atom stereocenters. The second-order valence-corrected chi connectivity index (χ2v) is 22.0. The van der Waals surface area contributed by atoms with E-state index in [0.717, 1.165) is 0 Å². The van der Waals surface area contributed by atoms with Gasteiger partial charge in [-0.1, -0.05) is 41.5 Å². The van der Waals surface area contributed by atoms with E-state index in [1.54, 1.807) is 0 Å². The van der Waals surface area contributed by atoms with E-state index in [-0.39, 0.29) is 22.6 Å². The van der Waals surface area contributed by atoms with Crippen LogP contribution in [0.5, 0.6) is 0 Å². The third kappa shape index (κ3) is 8.01. The average Bonchev–Trinajstić information content (AvgIpc) is 2.78. The van der Waals surface area contributed by atoms with Crippen LogP contribution in [0.25, 0.3) is 0 Å². The van der Waals surface area contributed by atoms with Gasteiger partial charge in [-0.25, -0.2) is 4.57 Å². The van der Waals surface area contributed by atoms with Crippen LogP contribution >= 0.6 is 7.82 Å². The van der Waals surface area contributed by atoms with Crippen LogP contribution in [0.15, 0.2) is 0 Å². The molecule has 184 valence electrons. The largest absolute Gasteiger partial charge is 0.469 e. The summed E-state index contributed by atoms with van der Waals surface area (Å²) in [6.45, 7) is 21.9. The number of hydrogen-bond acceptors (Lipinski definition) is 6. The topological polar surface area (TPSA) is 124 Å². The number of amides is 1. The molecule has 1 rings (SSSR count). The summed E-state index contributed by atoms with van der Waals surface area (Å²) >= 11 is 0. The Balaban J connectivity index is 3.33. The highest BCUT2D eigenvalue weighted by Gasteiger charge is 2.53. The fourth-order valence-electron chi connectivity index (χ4n) is 2.64. The van der Waals surface area contributed by atoms with Crippen LogP contribution in [0.2, 0.25) is 36.3 Å². The minimum absolute atomic E-state index is 0.104. The van der Waals surface area contributed by atoms with Gasteiger partial charge in [0.15, 0.2) is 22.9 Å². The van der Waals surface area contributed by atoms with Gasteiger partial charge in [0.25, 0.3) is 0 Å². The number of ether oxygens (including phenoxy) is 1. The van der Waals surface area contributed by atoms with Crippen LogP contribution in [0.1, 0.15) is 48.5 Å². The number of carbonyl (C=O) groups is 1. The molecule has 1 amide bonds. The molecule has 0 radical (unpaired) electrons. The van der Waals surface area contributed by atoms with Gasteiger partial charge in [-0.2, -0.15) is 0 Å².